The van der Waals surface area contributed by atoms with E-state index in [0.717, 1.165) is 37.8 Å². The van der Waals surface area contributed by atoms with Crippen LogP contribution >= 0.6 is 0 Å². The zero-order valence-electron chi connectivity index (χ0n) is 18.6. The lowest BCUT2D eigenvalue weighted by molar-refractivity contribution is -0.274. The highest BCUT2D eigenvalue weighted by Gasteiger charge is 2.47. The Morgan fingerprint density at radius 2 is 1.94 bits per heavy atom. The van der Waals surface area contributed by atoms with Crippen molar-refractivity contribution < 1.29 is 36.6 Å². The van der Waals surface area contributed by atoms with Crippen molar-refractivity contribution in [2.75, 3.05) is 26.3 Å². The number of carbonyl (C=O) groups is 2. The molecule has 1 aromatic carbocycles. The molecule has 2 saturated heterocycles. The Bertz CT molecular complexity index is 919. The molecule has 2 aliphatic heterocycles. The Balaban J connectivity index is 1.45. The summed E-state index contributed by atoms with van der Waals surface area (Å²) in [6, 6.07) is 1.60. The molecule has 3 fully saturated rings. The molecule has 0 aromatic heterocycles. The number of nitrogens with zero attached hydrogens (tertiary/aromatic N) is 2. The number of nitrogens with two attached hydrogens (primary N) is 1. The number of carbonyl (C=O) groups excluding carboxylic acids is 2. The number of piperidine rings is 1. The lowest BCUT2D eigenvalue weighted by Crippen LogP contribution is -2.61. The Labute approximate surface area is 194 Å². The molecule has 3 aliphatic rings. The van der Waals surface area contributed by atoms with E-state index in [1.807, 2.05) is 0 Å². The number of primary amides is 1. The van der Waals surface area contributed by atoms with Crippen LogP contribution in [-0.4, -0.2) is 66.6 Å². The minimum absolute atomic E-state index is 0.0159. The normalized spacial score (nSPS) is 22.4. The zero-order valence-corrected chi connectivity index (χ0v) is 18.6. The molecule has 0 radical (unpaired) electrons. The molecule has 0 bridgehead atoms. The largest absolute Gasteiger partial charge is 0.573 e. The third-order valence-electron chi connectivity index (χ3n) is 6.75. The van der Waals surface area contributed by atoms with Crippen molar-refractivity contribution in [3.05, 3.63) is 29.6 Å². The molecule has 1 aromatic rings. The maximum Gasteiger partial charge on any atom is 0.573 e. The van der Waals surface area contributed by atoms with E-state index in [0.29, 0.717) is 38.8 Å². The van der Waals surface area contributed by atoms with Crippen LogP contribution in [-0.2, 0) is 11.3 Å². The van der Waals surface area contributed by atoms with Gasteiger partial charge in [-0.2, -0.15) is 0 Å². The fourth-order valence-corrected chi connectivity index (χ4v) is 4.99. The zero-order chi connectivity index (χ0) is 24.5. The third-order valence-corrected chi connectivity index (χ3v) is 6.75. The number of nitrogens with one attached hydrogen (secondary N) is 1. The first-order valence-corrected chi connectivity index (χ1v) is 11.3. The number of ether oxygens (including phenoxy) is 2. The van der Waals surface area contributed by atoms with Crippen LogP contribution in [0, 0.1) is 11.2 Å². The first-order chi connectivity index (χ1) is 16.1. The van der Waals surface area contributed by atoms with Gasteiger partial charge in [0, 0.05) is 50.5 Å². The fourth-order valence-electron chi connectivity index (χ4n) is 4.99. The molecular weight excluding hydrogens is 460 g/mol. The topological polar surface area (TPSA) is 97.1 Å². The van der Waals surface area contributed by atoms with Gasteiger partial charge in [-0.05, 0) is 43.6 Å². The van der Waals surface area contributed by atoms with Crippen molar-refractivity contribution in [2.45, 2.75) is 57.1 Å². The van der Waals surface area contributed by atoms with Crippen molar-refractivity contribution in [3.8, 4) is 5.75 Å². The molecule has 1 saturated carbocycles. The summed E-state index contributed by atoms with van der Waals surface area (Å²) in [6.07, 6.45) is -1.02. The molecule has 1 aliphatic carbocycles. The molecule has 0 unspecified atom stereocenters. The van der Waals surface area contributed by atoms with E-state index < -0.39 is 30.0 Å². The number of alkyl halides is 3. The quantitative estimate of drug-likeness (QED) is 0.622. The van der Waals surface area contributed by atoms with Gasteiger partial charge in [0.2, 0.25) is 0 Å². The van der Waals surface area contributed by atoms with E-state index in [1.165, 1.54) is 0 Å². The van der Waals surface area contributed by atoms with Crippen molar-refractivity contribution in [3.63, 3.8) is 0 Å². The second kappa shape index (κ2) is 9.47. The predicted molar refractivity (Wildman–Crippen MR) is 112 cm³/mol. The summed E-state index contributed by atoms with van der Waals surface area (Å²) in [5, 5.41) is 2.69. The summed E-state index contributed by atoms with van der Waals surface area (Å²) < 4.78 is 60.5. The van der Waals surface area contributed by atoms with E-state index in [2.05, 4.69) is 10.1 Å². The molecule has 12 heteroatoms. The number of halogens is 4. The average molecular weight is 488 g/mol. The Kier molecular flexibility index (Phi) is 6.79. The number of rotatable bonds is 5. The summed E-state index contributed by atoms with van der Waals surface area (Å²) in [5.74, 6) is -1.59. The summed E-state index contributed by atoms with van der Waals surface area (Å²) in [7, 11) is 0. The van der Waals surface area contributed by atoms with Gasteiger partial charge < -0.3 is 30.3 Å². The van der Waals surface area contributed by atoms with Gasteiger partial charge in [0.05, 0.1) is 6.04 Å². The van der Waals surface area contributed by atoms with Crippen LogP contribution in [0.15, 0.2) is 18.2 Å². The van der Waals surface area contributed by atoms with Gasteiger partial charge in [0.15, 0.2) is 0 Å². The Morgan fingerprint density at radius 1 is 1.24 bits per heavy atom. The summed E-state index contributed by atoms with van der Waals surface area (Å²) in [4.78, 5) is 28.5. The highest BCUT2D eigenvalue weighted by atomic mass is 19.4. The maximum absolute atomic E-state index is 14.3. The van der Waals surface area contributed by atoms with Crippen molar-refractivity contribution in [1.82, 2.24) is 15.1 Å². The molecule has 3 N–H and O–H groups in total. The SMILES string of the molecule is NC(=O)N1C[C@H](N(C(=O)NCc2ccc(OC(F)(F)F)cc2F)C2CC2)CC2(CCOCC2)C1. The molecular formula is C22H28F4N4O4. The molecule has 2 heterocycles. The van der Waals surface area contributed by atoms with Gasteiger partial charge in [0.25, 0.3) is 0 Å². The van der Waals surface area contributed by atoms with E-state index in [1.54, 1.807) is 9.80 Å². The number of likely N-dealkylation sites (tertiary alicyclic amines) is 1. The van der Waals surface area contributed by atoms with Crippen LogP contribution in [0.2, 0.25) is 0 Å². The van der Waals surface area contributed by atoms with Gasteiger partial charge in [-0.1, -0.05) is 6.07 Å². The Morgan fingerprint density at radius 3 is 2.53 bits per heavy atom. The summed E-state index contributed by atoms with van der Waals surface area (Å²) in [6.45, 7) is 1.82. The second-order valence-corrected chi connectivity index (χ2v) is 9.29. The molecule has 4 rings (SSSR count). The minimum Gasteiger partial charge on any atom is -0.406 e. The molecule has 188 valence electrons. The van der Waals surface area contributed by atoms with Crippen LogP contribution in [0.4, 0.5) is 27.2 Å². The van der Waals surface area contributed by atoms with Crippen molar-refractivity contribution in [1.29, 1.82) is 0 Å². The van der Waals surface area contributed by atoms with Crippen LogP contribution < -0.4 is 15.8 Å². The molecule has 1 spiro atoms. The third kappa shape index (κ3) is 5.83. The van der Waals surface area contributed by atoms with Crippen LogP contribution in [0.5, 0.6) is 5.75 Å². The average Bonchev–Trinajstić information content (AvgIpc) is 3.57. The molecule has 1 atom stereocenters. The number of hydrogen-bond donors (Lipinski definition) is 2. The number of urea groups is 2. The van der Waals surface area contributed by atoms with Crippen LogP contribution in [0.3, 0.4) is 0 Å². The number of benzene rings is 1. The van der Waals surface area contributed by atoms with Crippen molar-refractivity contribution in [2.24, 2.45) is 11.1 Å². The van der Waals surface area contributed by atoms with Gasteiger partial charge in [0.1, 0.15) is 11.6 Å². The second-order valence-electron chi connectivity index (χ2n) is 9.29. The predicted octanol–water partition coefficient (Wildman–Crippen LogP) is 3.35. The highest BCUT2D eigenvalue weighted by molar-refractivity contribution is 5.76. The van der Waals surface area contributed by atoms with E-state index in [9.17, 15) is 27.2 Å². The summed E-state index contributed by atoms with van der Waals surface area (Å²) >= 11 is 0. The first kappa shape index (κ1) is 24.4. The smallest absolute Gasteiger partial charge is 0.406 e. The van der Waals surface area contributed by atoms with E-state index in [-0.39, 0.29) is 29.6 Å². The van der Waals surface area contributed by atoms with E-state index >= 15 is 0 Å². The standard InChI is InChI=1S/C22H28F4N4O4/c23-18-9-17(34-22(24,25)26)4-1-14(18)11-28-20(32)30(15-2-3-15)16-10-21(5-7-33-8-6-21)13-29(12-16)19(27)31/h1,4,9,15-16H,2-3,5-8,10-13H2,(H2,27,31)(H,28,32)/t16-/m1/s1. The van der Waals surface area contributed by atoms with Gasteiger partial charge in [-0.25, -0.2) is 14.0 Å². The van der Waals surface area contributed by atoms with Gasteiger partial charge in [-0.15, -0.1) is 13.2 Å². The molecule has 4 amide bonds. The first-order valence-electron chi connectivity index (χ1n) is 11.3. The number of hydrogen-bond acceptors (Lipinski definition) is 4. The lowest BCUT2D eigenvalue weighted by atomic mass is 9.72. The summed E-state index contributed by atoms with van der Waals surface area (Å²) in [5.41, 5.74) is 5.46. The lowest BCUT2D eigenvalue weighted by Gasteiger charge is -2.50. The number of amides is 4. The monoisotopic (exact) mass is 488 g/mol. The van der Waals surface area contributed by atoms with E-state index in [4.69, 9.17) is 10.5 Å². The van der Waals surface area contributed by atoms with Crippen LogP contribution in [0.25, 0.3) is 0 Å². The highest BCUT2D eigenvalue weighted by Crippen LogP contribution is 2.42. The Hall–Kier alpha value is -2.76. The molecule has 34 heavy (non-hydrogen) atoms. The van der Waals surface area contributed by atoms with Crippen LogP contribution in [0.1, 0.15) is 37.7 Å². The molecule has 8 nitrogen and oxygen atoms in total. The minimum atomic E-state index is -4.92. The van der Waals surface area contributed by atoms with Gasteiger partial charge in [-0.3, -0.25) is 0 Å². The van der Waals surface area contributed by atoms with Crippen molar-refractivity contribution >= 4 is 12.1 Å². The fraction of sp³-hybridized carbons (Fsp3) is 0.636. The maximum atomic E-state index is 14.3. The van der Waals surface area contributed by atoms with Gasteiger partial charge >= 0.3 is 18.4 Å².